The maximum absolute atomic E-state index is 12.0. The van der Waals surface area contributed by atoms with Gasteiger partial charge in [0.05, 0.1) is 18.6 Å². The summed E-state index contributed by atoms with van der Waals surface area (Å²) in [7, 11) is 0. The van der Waals surface area contributed by atoms with Gasteiger partial charge >= 0.3 is 5.97 Å². The van der Waals surface area contributed by atoms with Gasteiger partial charge in [-0.15, -0.1) is 0 Å². The topological polar surface area (TPSA) is 111 Å². The molecule has 0 aromatic carbocycles. The van der Waals surface area contributed by atoms with E-state index in [4.69, 9.17) is 10.5 Å². The first-order chi connectivity index (χ1) is 10.1. The summed E-state index contributed by atoms with van der Waals surface area (Å²) in [4.78, 5) is 34.3. The molecule has 0 saturated heterocycles. The largest absolute Gasteiger partial charge is 0.466 e. The Hall–Kier alpha value is -2.70. The van der Waals surface area contributed by atoms with E-state index in [0.29, 0.717) is 12.2 Å². The molecule has 0 unspecified atom stereocenters. The summed E-state index contributed by atoms with van der Waals surface area (Å²) in [5.41, 5.74) is 6.22. The van der Waals surface area contributed by atoms with Gasteiger partial charge in [0, 0.05) is 18.3 Å². The summed E-state index contributed by atoms with van der Waals surface area (Å²) >= 11 is 0. The Kier molecular flexibility index (Phi) is 4.65. The number of carbonyl (C=O) groups is 1. The predicted molar refractivity (Wildman–Crippen MR) is 76.7 cm³/mol. The normalized spacial score (nSPS) is 10.3. The maximum atomic E-state index is 12.0. The van der Waals surface area contributed by atoms with Crippen LogP contribution in [0.15, 0.2) is 29.2 Å². The molecule has 2 aromatic heterocycles. The zero-order valence-electron chi connectivity index (χ0n) is 11.6. The summed E-state index contributed by atoms with van der Waals surface area (Å²) in [5, 5.41) is 0. The van der Waals surface area contributed by atoms with Crippen molar-refractivity contribution < 1.29 is 9.53 Å². The molecule has 2 rings (SSSR count). The quantitative estimate of drug-likeness (QED) is 0.772. The van der Waals surface area contributed by atoms with Gasteiger partial charge in [0.15, 0.2) is 0 Å². The summed E-state index contributed by atoms with van der Waals surface area (Å²) in [5.74, 6) is -0.0597. The Morgan fingerprint density at radius 2 is 2.24 bits per heavy atom. The first kappa shape index (κ1) is 14.7. The van der Waals surface area contributed by atoms with Gasteiger partial charge in [-0.25, -0.2) is 4.98 Å². The molecule has 0 aliphatic heterocycles. The maximum Gasteiger partial charge on any atom is 0.310 e. The van der Waals surface area contributed by atoms with Crippen molar-refractivity contribution >= 4 is 11.8 Å². The van der Waals surface area contributed by atoms with E-state index < -0.39 is 11.5 Å². The van der Waals surface area contributed by atoms with Crippen molar-refractivity contribution in [3.63, 3.8) is 0 Å². The molecule has 0 aliphatic carbocycles. The highest BCUT2D eigenvalue weighted by molar-refractivity contribution is 5.74. The highest BCUT2D eigenvalue weighted by Gasteiger charge is 2.14. The number of hydrogen-bond donors (Lipinski definition) is 2. The molecule has 0 spiro atoms. The Morgan fingerprint density at radius 1 is 1.43 bits per heavy atom. The fourth-order valence-corrected chi connectivity index (χ4v) is 1.85. The first-order valence-corrected chi connectivity index (χ1v) is 6.53. The van der Waals surface area contributed by atoms with Gasteiger partial charge in [0.25, 0.3) is 5.56 Å². The van der Waals surface area contributed by atoms with Gasteiger partial charge < -0.3 is 15.5 Å². The van der Waals surface area contributed by atoms with E-state index >= 15 is 0 Å². The number of nitrogens with one attached hydrogen (secondary N) is 1. The SMILES string of the molecule is CCOC(=O)Cc1c(N)nc(Cc2ccccn2)[nH]c1=O. The number of aromatic nitrogens is 3. The van der Waals surface area contributed by atoms with Crippen molar-refractivity contribution in [2.45, 2.75) is 19.8 Å². The number of H-pyrrole nitrogens is 1. The van der Waals surface area contributed by atoms with Crippen LogP contribution in [0.3, 0.4) is 0 Å². The van der Waals surface area contributed by atoms with Crippen molar-refractivity contribution in [2.75, 3.05) is 12.3 Å². The lowest BCUT2D eigenvalue weighted by molar-refractivity contribution is -0.142. The highest BCUT2D eigenvalue weighted by atomic mass is 16.5. The Balaban J connectivity index is 2.21. The van der Waals surface area contributed by atoms with Crippen LogP contribution in [-0.4, -0.2) is 27.5 Å². The van der Waals surface area contributed by atoms with Crippen LogP contribution in [0.1, 0.15) is 24.0 Å². The van der Waals surface area contributed by atoms with Crippen molar-refractivity contribution in [3.05, 3.63) is 51.8 Å². The number of nitrogens with two attached hydrogens (primary N) is 1. The lowest BCUT2D eigenvalue weighted by Gasteiger charge is -2.06. The van der Waals surface area contributed by atoms with E-state index in [9.17, 15) is 9.59 Å². The summed E-state index contributed by atoms with van der Waals surface area (Å²) in [6.07, 6.45) is 1.83. The number of esters is 1. The molecule has 110 valence electrons. The van der Waals surface area contributed by atoms with Crippen LogP contribution in [0, 0.1) is 0 Å². The molecule has 0 fully saturated rings. The first-order valence-electron chi connectivity index (χ1n) is 6.53. The van der Waals surface area contributed by atoms with Gasteiger partial charge in [-0.05, 0) is 19.1 Å². The average molecular weight is 288 g/mol. The molecule has 3 N–H and O–H groups in total. The number of aromatic amines is 1. The molecule has 0 radical (unpaired) electrons. The minimum atomic E-state index is -0.506. The van der Waals surface area contributed by atoms with Crippen LogP contribution in [0.5, 0.6) is 0 Å². The van der Waals surface area contributed by atoms with Crippen LogP contribution in [0.25, 0.3) is 0 Å². The second kappa shape index (κ2) is 6.65. The van der Waals surface area contributed by atoms with E-state index in [0.717, 1.165) is 5.69 Å². The van der Waals surface area contributed by atoms with Crippen molar-refractivity contribution in [2.24, 2.45) is 0 Å². The van der Waals surface area contributed by atoms with E-state index in [-0.39, 0.29) is 24.4 Å². The Bertz CT molecular complexity index is 682. The van der Waals surface area contributed by atoms with Crippen molar-refractivity contribution in [1.82, 2.24) is 15.0 Å². The van der Waals surface area contributed by atoms with Gasteiger partial charge in [-0.3, -0.25) is 14.6 Å². The molecular weight excluding hydrogens is 272 g/mol. The second-order valence-electron chi connectivity index (χ2n) is 4.36. The minimum absolute atomic E-state index is 0.0396. The second-order valence-corrected chi connectivity index (χ2v) is 4.36. The van der Waals surface area contributed by atoms with E-state index in [1.54, 1.807) is 19.2 Å². The summed E-state index contributed by atoms with van der Waals surface area (Å²) in [6, 6.07) is 5.47. The number of nitrogen functional groups attached to an aromatic ring is 1. The zero-order valence-corrected chi connectivity index (χ0v) is 11.6. The number of rotatable bonds is 5. The minimum Gasteiger partial charge on any atom is -0.466 e. The van der Waals surface area contributed by atoms with Crippen LogP contribution in [0.4, 0.5) is 5.82 Å². The van der Waals surface area contributed by atoms with Crippen LogP contribution in [0.2, 0.25) is 0 Å². The standard InChI is InChI=1S/C14H16N4O3/c1-2-21-12(19)8-10-13(15)17-11(18-14(10)20)7-9-5-3-4-6-16-9/h3-6H,2,7-8H2,1H3,(H3,15,17,18,20). The van der Waals surface area contributed by atoms with Crippen molar-refractivity contribution in [3.8, 4) is 0 Å². The van der Waals surface area contributed by atoms with E-state index in [1.807, 2.05) is 12.1 Å². The number of hydrogen-bond acceptors (Lipinski definition) is 6. The number of anilines is 1. The highest BCUT2D eigenvalue weighted by Crippen LogP contribution is 2.07. The van der Waals surface area contributed by atoms with Gasteiger partial charge in [-0.1, -0.05) is 6.07 Å². The lowest BCUT2D eigenvalue weighted by atomic mass is 10.2. The third kappa shape index (κ3) is 3.88. The van der Waals surface area contributed by atoms with Crippen molar-refractivity contribution in [1.29, 1.82) is 0 Å². The molecule has 0 amide bonds. The molecule has 0 atom stereocenters. The molecule has 7 heteroatoms. The van der Waals surface area contributed by atoms with Gasteiger partial charge in [0.1, 0.15) is 11.6 Å². The van der Waals surface area contributed by atoms with Crippen LogP contribution >= 0.6 is 0 Å². The van der Waals surface area contributed by atoms with Crippen LogP contribution < -0.4 is 11.3 Å². The predicted octanol–water partition coefficient (Wildman–Crippen LogP) is 0.443. The molecule has 0 aliphatic rings. The molecule has 2 aromatic rings. The summed E-state index contributed by atoms with van der Waals surface area (Å²) < 4.78 is 4.80. The average Bonchev–Trinajstić information content (AvgIpc) is 2.44. The Labute approximate surface area is 121 Å². The monoisotopic (exact) mass is 288 g/mol. The number of nitrogens with zero attached hydrogens (tertiary/aromatic N) is 2. The molecule has 7 nitrogen and oxygen atoms in total. The molecule has 0 saturated carbocycles. The zero-order chi connectivity index (χ0) is 15.2. The van der Waals surface area contributed by atoms with E-state index in [1.165, 1.54) is 0 Å². The molecule has 21 heavy (non-hydrogen) atoms. The fraction of sp³-hybridized carbons (Fsp3) is 0.286. The number of pyridine rings is 1. The molecule has 0 bridgehead atoms. The number of carbonyl (C=O) groups excluding carboxylic acids is 1. The fourth-order valence-electron chi connectivity index (χ4n) is 1.85. The lowest BCUT2D eigenvalue weighted by Crippen LogP contribution is -2.23. The van der Waals surface area contributed by atoms with E-state index in [2.05, 4.69) is 15.0 Å². The summed E-state index contributed by atoms with van der Waals surface area (Å²) in [6.45, 7) is 1.95. The van der Waals surface area contributed by atoms with Gasteiger partial charge in [-0.2, -0.15) is 0 Å². The van der Waals surface area contributed by atoms with Crippen LogP contribution in [-0.2, 0) is 22.4 Å². The number of ether oxygens (including phenoxy) is 1. The Morgan fingerprint density at radius 3 is 2.86 bits per heavy atom. The third-order valence-corrected chi connectivity index (χ3v) is 2.80. The molecule has 2 heterocycles. The van der Waals surface area contributed by atoms with Gasteiger partial charge in [0.2, 0.25) is 0 Å². The molecular formula is C14H16N4O3. The smallest absolute Gasteiger partial charge is 0.310 e. The third-order valence-electron chi connectivity index (χ3n) is 2.80.